The van der Waals surface area contributed by atoms with Crippen molar-refractivity contribution in [3.63, 3.8) is 0 Å². The highest BCUT2D eigenvalue weighted by molar-refractivity contribution is 6.30. The lowest BCUT2D eigenvalue weighted by molar-refractivity contribution is -0.150. The maximum absolute atomic E-state index is 11.5. The standard InChI is InChI=1S/C16H20ClNO6/c1-11-8-12(17)5-6-13(11)23-10-16(21)24-9-14(19)18-7-3-4-15(20)22-2/h5-6,8H,3-4,7,9-10H2,1-2H3,(H,18,19). The first-order valence-corrected chi connectivity index (χ1v) is 7.68. The number of nitrogens with one attached hydrogen (secondary N) is 1. The Labute approximate surface area is 145 Å². The van der Waals surface area contributed by atoms with Gasteiger partial charge in [0.1, 0.15) is 5.75 Å². The molecule has 0 aromatic heterocycles. The second-order valence-electron chi connectivity index (χ2n) is 4.89. The van der Waals surface area contributed by atoms with Crippen LogP contribution in [0.1, 0.15) is 18.4 Å². The van der Waals surface area contributed by atoms with Gasteiger partial charge in [-0.25, -0.2) is 4.79 Å². The second kappa shape index (κ2) is 10.5. The van der Waals surface area contributed by atoms with Gasteiger partial charge in [-0.05, 0) is 37.1 Å². The number of hydrogen-bond acceptors (Lipinski definition) is 6. The fourth-order valence-electron chi connectivity index (χ4n) is 1.71. The molecule has 7 nitrogen and oxygen atoms in total. The first-order chi connectivity index (χ1) is 11.4. The summed E-state index contributed by atoms with van der Waals surface area (Å²) in [6, 6.07) is 5.01. The molecule has 0 bridgehead atoms. The van der Waals surface area contributed by atoms with Crippen LogP contribution in [0.3, 0.4) is 0 Å². The van der Waals surface area contributed by atoms with E-state index < -0.39 is 18.5 Å². The van der Waals surface area contributed by atoms with Gasteiger partial charge in [-0.1, -0.05) is 11.6 Å². The highest BCUT2D eigenvalue weighted by Gasteiger charge is 2.09. The molecule has 0 unspecified atom stereocenters. The number of rotatable bonds is 9. The van der Waals surface area contributed by atoms with Crippen LogP contribution >= 0.6 is 11.6 Å². The van der Waals surface area contributed by atoms with Crippen molar-refractivity contribution in [3.05, 3.63) is 28.8 Å². The molecule has 1 amide bonds. The van der Waals surface area contributed by atoms with Gasteiger partial charge in [0.05, 0.1) is 7.11 Å². The van der Waals surface area contributed by atoms with Gasteiger partial charge in [0, 0.05) is 18.0 Å². The summed E-state index contributed by atoms with van der Waals surface area (Å²) in [5, 5.41) is 3.10. The maximum atomic E-state index is 11.5. The summed E-state index contributed by atoms with van der Waals surface area (Å²) >= 11 is 5.82. The van der Waals surface area contributed by atoms with Crippen LogP contribution in [0.5, 0.6) is 5.75 Å². The Kier molecular flexibility index (Phi) is 8.64. The maximum Gasteiger partial charge on any atom is 0.344 e. The van der Waals surface area contributed by atoms with E-state index in [2.05, 4.69) is 10.1 Å². The summed E-state index contributed by atoms with van der Waals surface area (Å²) in [5.41, 5.74) is 0.790. The van der Waals surface area contributed by atoms with Crippen LogP contribution in [-0.2, 0) is 23.9 Å². The molecule has 8 heteroatoms. The molecular weight excluding hydrogens is 338 g/mol. The van der Waals surface area contributed by atoms with E-state index in [0.717, 1.165) is 5.56 Å². The van der Waals surface area contributed by atoms with Gasteiger partial charge in [0.15, 0.2) is 13.2 Å². The molecule has 0 aliphatic carbocycles. The molecule has 1 N–H and O–H groups in total. The second-order valence-corrected chi connectivity index (χ2v) is 5.33. The minimum Gasteiger partial charge on any atom is -0.482 e. The van der Waals surface area contributed by atoms with E-state index in [1.54, 1.807) is 25.1 Å². The number of esters is 2. The highest BCUT2D eigenvalue weighted by atomic mass is 35.5. The average Bonchev–Trinajstić information content (AvgIpc) is 2.55. The van der Waals surface area contributed by atoms with E-state index in [9.17, 15) is 14.4 Å². The topological polar surface area (TPSA) is 90.9 Å². The Morgan fingerprint density at radius 1 is 1.17 bits per heavy atom. The molecule has 1 rings (SSSR count). The number of carbonyl (C=O) groups is 3. The normalized spacial score (nSPS) is 9.96. The van der Waals surface area contributed by atoms with E-state index in [4.69, 9.17) is 21.1 Å². The first-order valence-electron chi connectivity index (χ1n) is 7.30. The molecule has 0 spiro atoms. The molecule has 24 heavy (non-hydrogen) atoms. The SMILES string of the molecule is COC(=O)CCCNC(=O)COC(=O)COc1ccc(Cl)cc1C. The van der Waals surface area contributed by atoms with E-state index >= 15 is 0 Å². The van der Waals surface area contributed by atoms with Crippen LogP contribution in [0.4, 0.5) is 0 Å². The van der Waals surface area contributed by atoms with Crippen molar-refractivity contribution in [3.8, 4) is 5.75 Å². The number of carbonyl (C=O) groups excluding carboxylic acids is 3. The summed E-state index contributed by atoms with van der Waals surface area (Å²) in [5.74, 6) is -0.932. The molecule has 0 fully saturated rings. The van der Waals surface area contributed by atoms with Crippen molar-refractivity contribution >= 4 is 29.4 Å². The predicted octanol–water partition coefficient (Wildman–Crippen LogP) is 1.64. The van der Waals surface area contributed by atoms with Crippen molar-refractivity contribution in [2.24, 2.45) is 0 Å². The zero-order valence-electron chi connectivity index (χ0n) is 13.6. The van der Waals surface area contributed by atoms with Crippen LogP contribution in [-0.4, -0.2) is 44.7 Å². The van der Waals surface area contributed by atoms with Gasteiger partial charge in [-0.2, -0.15) is 0 Å². The Hall–Kier alpha value is -2.28. The smallest absolute Gasteiger partial charge is 0.344 e. The largest absolute Gasteiger partial charge is 0.482 e. The van der Waals surface area contributed by atoms with Crippen molar-refractivity contribution in [2.45, 2.75) is 19.8 Å². The Balaban J connectivity index is 2.19. The Morgan fingerprint density at radius 2 is 1.92 bits per heavy atom. The Morgan fingerprint density at radius 3 is 2.58 bits per heavy atom. The summed E-state index contributed by atoms with van der Waals surface area (Å²) < 4.78 is 14.6. The third-order valence-electron chi connectivity index (χ3n) is 2.95. The van der Waals surface area contributed by atoms with Gasteiger partial charge in [-0.3, -0.25) is 9.59 Å². The third-order valence-corrected chi connectivity index (χ3v) is 3.19. The van der Waals surface area contributed by atoms with E-state index in [-0.39, 0.29) is 19.0 Å². The number of amides is 1. The summed E-state index contributed by atoms with van der Waals surface area (Å²) in [6.07, 6.45) is 0.663. The molecular formula is C16H20ClNO6. The van der Waals surface area contributed by atoms with Crippen molar-refractivity contribution < 1.29 is 28.6 Å². The molecule has 0 saturated carbocycles. The number of hydrogen-bond donors (Lipinski definition) is 1. The summed E-state index contributed by atoms with van der Waals surface area (Å²) in [4.78, 5) is 33.9. The van der Waals surface area contributed by atoms with E-state index in [1.165, 1.54) is 7.11 Å². The van der Waals surface area contributed by atoms with Crippen molar-refractivity contribution in [1.82, 2.24) is 5.32 Å². The van der Waals surface area contributed by atoms with E-state index in [1.807, 2.05) is 0 Å². The van der Waals surface area contributed by atoms with Crippen LogP contribution in [0.2, 0.25) is 5.02 Å². The first kappa shape index (κ1) is 19.8. The lowest BCUT2D eigenvalue weighted by atomic mass is 10.2. The van der Waals surface area contributed by atoms with Crippen LogP contribution in [0.15, 0.2) is 18.2 Å². The molecule has 0 aliphatic rings. The monoisotopic (exact) mass is 357 g/mol. The fraction of sp³-hybridized carbons (Fsp3) is 0.438. The highest BCUT2D eigenvalue weighted by Crippen LogP contribution is 2.21. The minimum absolute atomic E-state index is 0.213. The van der Waals surface area contributed by atoms with Gasteiger partial charge in [-0.15, -0.1) is 0 Å². The molecule has 1 aromatic carbocycles. The van der Waals surface area contributed by atoms with Gasteiger partial charge < -0.3 is 19.5 Å². The van der Waals surface area contributed by atoms with Crippen molar-refractivity contribution in [2.75, 3.05) is 26.9 Å². The van der Waals surface area contributed by atoms with Gasteiger partial charge in [0.25, 0.3) is 5.91 Å². The summed E-state index contributed by atoms with van der Waals surface area (Å²) in [6.45, 7) is 1.39. The third kappa shape index (κ3) is 7.82. The number of aryl methyl sites for hydroxylation is 1. The quantitative estimate of drug-likeness (QED) is 0.533. The van der Waals surface area contributed by atoms with Crippen LogP contribution in [0.25, 0.3) is 0 Å². The van der Waals surface area contributed by atoms with Gasteiger partial charge >= 0.3 is 11.9 Å². The number of benzene rings is 1. The molecule has 1 aromatic rings. The zero-order valence-corrected chi connectivity index (χ0v) is 14.4. The van der Waals surface area contributed by atoms with Crippen molar-refractivity contribution in [1.29, 1.82) is 0 Å². The van der Waals surface area contributed by atoms with E-state index in [0.29, 0.717) is 23.7 Å². The molecule has 0 heterocycles. The van der Waals surface area contributed by atoms with Gasteiger partial charge in [0.2, 0.25) is 0 Å². The molecule has 132 valence electrons. The zero-order chi connectivity index (χ0) is 17.9. The summed E-state index contributed by atoms with van der Waals surface area (Å²) in [7, 11) is 1.30. The van der Waals surface area contributed by atoms with Crippen LogP contribution < -0.4 is 10.1 Å². The predicted molar refractivity (Wildman–Crippen MR) is 86.9 cm³/mol. The number of ether oxygens (including phenoxy) is 3. The fourth-order valence-corrected chi connectivity index (χ4v) is 1.94. The number of methoxy groups -OCH3 is 1. The Bertz CT molecular complexity index is 590. The molecule has 0 atom stereocenters. The molecule has 0 aliphatic heterocycles. The number of halogens is 1. The lowest BCUT2D eigenvalue weighted by Crippen LogP contribution is -2.30. The average molecular weight is 358 g/mol. The minimum atomic E-state index is -0.658. The lowest BCUT2D eigenvalue weighted by Gasteiger charge is -2.09. The molecule has 0 saturated heterocycles. The molecule has 0 radical (unpaired) electrons. The van der Waals surface area contributed by atoms with Crippen LogP contribution in [0, 0.1) is 6.92 Å².